The molecule has 23 heavy (non-hydrogen) atoms. The van der Waals surface area contributed by atoms with Gasteiger partial charge in [-0.25, -0.2) is 4.68 Å². The van der Waals surface area contributed by atoms with Crippen LogP contribution in [0.1, 0.15) is 49.8 Å². The Hall–Kier alpha value is -1.24. The number of rotatable bonds is 5. The van der Waals surface area contributed by atoms with Gasteiger partial charge in [-0.2, -0.15) is 0 Å². The Kier molecular flexibility index (Phi) is 5.14. The highest BCUT2D eigenvalue weighted by molar-refractivity contribution is 7.73. The summed E-state index contributed by atoms with van der Waals surface area (Å²) in [6, 6.07) is 8.16. The quantitative estimate of drug-likeness (QED) is 0.824. The Morgan fingerprint density at radius 2 is 1.78 bits per heavy atom. The van der Waals surface area contributed by atoms with Crippen LogP contribution in [0.15, 0.2) is 24.3 Å². The molecule has 1 aromatic heterocycles. The zero-order chi connectivity index (χ0) is 16.4. The highest BCUT2D eigenvalue weighted by Gasteiger charge is 2.18. The first-order valence-corrected chi connectivity index (χ1v) is 9.38. The highest BCUT2D eigenvalue weighted by Crippen LogP contribution is 2.25. The van der Waals surface area contributed by atoms with E-state index in [2.05, 4.69) is 36.0 Å². The molecule has 0 spiro atoms. The minimum Gasteiger partial charge on any atom is -0.386 e. The summed E-state index contributed by atoms with van der Waals surface area (Å²) >= 11 is 6.95. The van der Waals surface area contributed by atoms with Crippen molar-refractivity contribution in [3.63, 3.8) is 0 Å². The van der Waals surface area contributed by atoms with Crippen LogP contribution in [-0.2, 0) is 6.54 Å². The van der Waals surface area contributed by atoms with E-state index in [0.29, 0.717) is 12.5 Å². The van der Waals surface area contributed by atoms with Crippen molar-refractivity contribution in [3.8, 4) is 0 Å². The van der Waals surface area contributed by atoms with Crippen LogP contribution in [0.5, 0.6) is 0 Å². The minimum atomic E-state index is -0.587. The van der Waals surface area contributed by atoms with Gasteiger partial charge in [-0.3, -0.25) is 0 Å². The molecule has 4 nitrogen and oxygen atoms in total. The van der Waals surface area contributed by atoms with E-state index in [1.165, 1.54) is 29.7 Å². The molecule has 0 unspecified atom stereocenters. The second-order valence-electron chi connectivity index (χ2n) is 6.36. The van der Waals surface area contributed by atoms with Crippen molar-refractivity contribution in [2.45, 2.75) is 45.3 Å². The molecular weight excluding hydrogens is 326 g/mol. The van der Waals surface area contributed by atoms with Gasteiger partial charge in [0.05, 0.1) is 12.6 Å². The molecule has 6 heteroatoms. The van der Waals surface area contributed by atoms with E-state index in [0.717, 1.165) is 27.7 Å². The lowest BCUT2D eigenvalue weighted by Gasteiger charge is -2.14. The molecule has 1 fully saturated rings. The maximum absolute atomic E-state index is 10.5. The predicted octanol–water partition coefficient (Wildman–Crippen LogP) is 4.13. The van der Waals surface area contributed by atoms with Gasteiger partial charge in [0.2, 0.25) is 5.13 Å². The molecule has 0 bridgehead atoms. The molecule has 3 rings (SSSR count). The molecule has 1 aromatic carbocycles. The van der Waals surface area contributed by atoms with Crippen LogP contribution in [-0.4, -0.2) is 28.0 Å². The average molecular weight is 350 g/mol. The van der Waals surface area contributed by atoms with Crippen molar-refractivity contribution >= 4 is 28.7 Å². The van der Waals surface area contributed by atoms with Crippen LogP contribution in [0, 0.1) is 3.95 Å². The number of nitrogens with zero attached hydrogens (tertiary/aromatic N) is 3. The zero-order valence-corrected chi connectivity index (χ0v) is 15.2. The summed E-state index contributed by atoms with van der Waals surface area (Å²) in [7, 11) is 0. The molecule has 1 aliphatic rings. The number of aliphatic hydroxyl groups is 1. The van der Waals surface area contributed by atoms with Gasteiger partial charge in [-0.1, -0.05) is 49.4 Å². The summed E-state index contributed by atoms with van der Waals surface area (Å²) in [4.78, 5) is 2.28. The lowest BCUT2D eigenvalue weighted by molar-refractivity contribution is 0.151. The first-order chi connectivity index (χ1) is 11.0. The molecule has 1 aliphatic heterocycles. The first-order valence-electron chi connectivity index (χ1n) is 8.15. The van der Waals surface area contributed by atoms with E-state index in [9.17, 15) is 5.11 Å². The van der Waals surface area contributed by atoms with Crippen molar-refractivity contribution in [1.29, 1.82) is 0 Å². The van der Waals surface area contributed by atoms with Crippen LogP contribution in [0.4, 0.5) is 5.13 Å². The summed E-state index contributed by atoms with van der Waals surface area (Å²) in [6.07, 6.45) is 1.85. The molecule has 124 valence electrons. The smallest absolute Gasteiger partial charge is 0.207 e. The normalized spacial score (nSPS) is 16.3. The van der Waals surface area contributed by atoms with E-state index in [-0.39, 0.29) is 0 Å². The fourth-order valence-electron chi connectivity index (χ4n) is 2.82. The summed E-state index contributed by atoms with van der Waals surface area (Å²) in [5, 5.41) is 16.1. The van der Waals surface area contributed by atoms with E-state index < -0.39 is 6.10 Å². The van der Waals surface area contributed by atoms with Gasteiger partial charge < -0.3 is 10.0 Å². The number of benzene rings is 1. The molecule has 0 radical (unpaired) electrons. The van der Waals surface area contributed by atoms with E-state index >= 15 is 0 Å². The van der Waals surface area contributed by atoms with Crippen molar-refractivity contribution in [2.24, 2.45) is 0 Å². The molecule has 0 aliphatic carbocycles. The van der Waals surface area contributed by atoms with Gasteiger partial charge in [0.25, 0.3) is 0 Å². The highest BCUT2D eigenvalue weighted by atomic mass is 32.1. The van der Waals surface area contributed by atoms with Crippen molar-refractivity contribution in [1.82, 2.24) is 9.78 Å². The Labute approximate surface area is 146 Å². The standard InChI is InChI=1S/C17H23N3OS2/c1-12(2)13-5-7-14(8-6-13)15(21)11-20-17(22)23-16(18-20)19-9-3-4-10-19/h5-8,12,15,21H,3-4,9-11H2,1-2H3/t15-/m0/s1. The maximum atomic E-state index is 10.5. The second-order valence-corrected chi connectivity index (χ2v) is 7.97. The third kappa shape index (κ3) is 3.82. The van der Waals surface area contributed by atoms with Gasteiger partial charge in [-0.05, 0) is 42.1 Å². The number of hydrogen-bond acceptors (Lipinski definition) is 5. The SMILES string of the molecule is CC(C)c1ccc([C@@H](O)Cn2nc(N3CCCC3)sc2=S)cc1. The van der Waals surface area contributed by atoms with Gasteiger partial charge in [-0.15, -0.1) is 5.10 Å². The van der Waals surface area contributed by atoms with E-state index in [4.69, 9.17) is 12.2 Å². The van der Waals surface area contributed by atoms with Gasteiger partial charge in [0.1, 0.15) is 0 Å². The zero-order valence-electron chi connectivity index (χ0n) is 13.6. The molecule has 2 heterocycles. The Balaban J connectivity index is 1.72. The number of aromatic nitrogens is 2. The summed E-state index contributed by atoms with van der Waals surface area (Å²) in [5.74, 6) is 0.497. The van der Waals surface area contributed by atoms with Crippen LogP contribution < -0.4 is 4.90 Å². The summed E-state index contributed by atoms with van der Waals surface area (Å²) in [6.45, 7) is 6.85. The number of hydrogen-bond donors (Lipinski definition) is 1. The van der Waals surface area contributed by atoms with Crippen molar-refractivity contribution in [3.05, 3.63) is 39.3 Å². The fourth-order valence-corrected chi connectivity index (χ4v) is 3.99. The molecular formula is C17H23N3OS2. The molecule has 1 N–H and O–H groups in total. The lowest BCUT2D eigenvalue weighted by Crippen LogP contribution is -2.18. The molecule has 2 aromatic rings. The lowest BCUT2D eigenvalue weighted by atomic mass is 10.00. The molecule has 0 saturated carbocycles. The van der Waals surface area contributed by atoms with Crippen LogP contribution in [0.25, 0.3) is 0 Å². The third-order valence-electron chi connectivity index (χ3n) is 4.31. The van der Waals surface area contributed by atoms with Crippen molar-refractivity contribution in [2.75, 3.05) is 18.0 Å². The third-order valence-corrected chi connectivity index (χ3v) is 5.67. The maximum Gasteiger partial charge on any atom is 0.207 e. The first kappa shape index (κ1) is 16.6. The van der Waals surface area contributed by atoms with Crippen molar-refractivity contribution < 1.29 is 5.11 Å². The summed E-state index contributed by atoms with van der Waals surface area (Å²) in [5.41, 5.74) is 2.19. The molecule has 0 amide bonds. The minimum absolute atomic E-state index is 0.407. The second kappa shape index (κ2) is 7.11. The Morgan fingerprint density at radius 1 is 1.17 bits per heavy atom. The van der Waals surface area contributed by atoms with E-state index in [1.807, 2.05) is 12.1 Å². The number of aliphatic hydroxyl groups excluding tert-OH is 1. The Bertz CT molecular complexity index is 699. The largest absolute Gasteiger partial charge is 0.386 e. The van der Waals surface area contributed by atoms with Crippen LogP contribution >= 0.6 is 23.6 Å². The van der Waals surface area contributed by atoms with Crippen LogP contribution in [0.2, 0.25) is 0 Å². The monoisotopic (exact) mass is 349 g/mol. The van der Waals surface area contributed by atoms with Crippen LogP contribution in [0.3, 0.4) is 0 Å². The van der Waals surface area contributed by atoms with Gasteiger partial charge in [0, 0.05) is 13.1 Å². The average Bonchev–Trinajstić information content (AvgIpc) is 3.18. The molecule has 1 atom stereocenters. The van der Waals surface area contributed by atoms with Gasteiger partial charge in [0.15, 0.2) is 3.95 Å². The van der Waals surface area contributed by atoms with Gasteiger partial charge >= 0.3 is 0 Å². The number of anilines is 1. The topological polar surface area (TPSA) is 41.3 Å². The Morgan fingerprint density at radius 3 is 2.39 bits per heavy atom. The fraction of sp³-hybridized carbons (Fsp3) is 0.529. The van der Waals surface area contributed by atoms with E-state index in [1.54, 1.807) is 4.68 Å². The molecule has 1 saturated heterocycles. The predicted molar refractivity (Wildman–Crippen MR) is 97.9 cm³/mol. The summed E-state index contributed by atoms with van der Waals surface area (Å²) < 4.78 is 2.49.